The van der Waals surface area contributed by atoms with Crippen molar-refractivity contribution in [2.24, 2.45) is 23.7 Å². The van der Waals surface area contributed by atoms with Gasteiger partial charge in [0.05, 0.1) is 26.1 Å². The SMILES string of the molecule is COC(=O)C1CCC(CNC(=O)OC(C)(C)C)CC1.COC(=O)C1CCC(CNC(=O)OC(C)(C)C)CC1. The van der Waals surface area contributed by atoms with Crippen molar-refractivity contribution in [2.45, 2.75) is 104 Å². The van der Waals surface area contributed by atoms with Crippen molar-refractivity contribution in [3.63, 3.8) is 0 Å². The first kappa shape index (κ1) is 33.5. The molecular weight excluding hydrogens is 492 g/mol. The van der Waals surface area contributed by atoms with Crippen molar-refractivity contribution in [2.75, 3.05) is 27.3 Å². The van der Waals surface area contributed by atoms with Crippen LogP contribution in [0.2, 0.25) is 0 Å². The van der Waals surface area contributed by atoms with E-state index in [2.05, 4.69) is 10.6 Å². The van der Waals surface area contributed by atoms with Crippen LogP contribution >= 0.6 is 0 Å². The quantitative estimate of drug-likeness (QED) is 0.355. The zero-order valence-electron chi connectivity index (χ0n) is 24.6. The molecule has 0 aliphatic heterocycles. The Morgan fingerprint density at radius 1 is 0.579 bits per heavy atom. The highest BCUT2D eigenvalue weighted by molar-refractivity contribution is 5.72. The fourth-order valence-corrected chi connectivity index (χ4v) is 4.62. The third-order valence-corrected chi connectivity index (χ3v) is 6.63. The van der Waals surface area contributed by atoms with Crippen LogP contribution in [-0.4, -0.2) is 62.6 Å². The van der Waals surface area contributed by atoms with Crippen molar-refractivity contribution in [1.82, 2.24) is 10.6 Å². The Morgan fingerprint density at radius 2 is 0.868 bits per heavy atom. The zero-order chi connectivity index (χ0) is 28.9. The molecule has 2 rings (SSSR count). The van der Waals surface area contributed by atoms with Crippen LogP contribution in [0.3, 0.4) is 0 Å². The molecule has 0 aromatic carbocycles. The van der Waals surface area contributed by atoms with E-state index >= 15 is 0 Å². The average molecular weight is 543 g/mol. The number of esters is 2. The van der Waals surface area contributed by atoms with Crippen LogP contribution < -0.4 is 10.6 Å². The lowest BCUT2D eigenvalue weighted by molar-refractivity contribution is -0.147. The molecule has 10 nitrogen and oxygen atoms in total. The number of hydrogen-bond acceptors (Lipinski definition) is 8. The molecule has 38 heavy (non-hydrogen) atoms. The standard InChI is InChI=1S/2C14H25NO4/c2*1-14(2,3)19-13(17)15-9-10-5-7-11(8-6-10)12(16)18-4/h2*10-11H,5-9H2,1-4H3,(H,15,17). The predicted molar refractivity (Wildman–Crippen MR) is 143 cm³/mol. The molecule has 0 unspecified atom stereocenters. The van der Waals surface area contributed by atoms with Gasteiger partial charge in [0, 0.05) is 13.1 Å². The summed E-state index contributed by atoms with van der Waals surface area (Å²) in [7, 11) is 2.86. The molecule has 0 saturated heterocycles. The van der Waals surface area contributed by atoms with Gasteiger partial charge in [-0.05, 0) is 105 Å². The second-order valence-electron chi connectivity index (χ2n) is 12.2. The van der Waals surface area contributed by atoms with E-state index in [4.69, 9.17) is 18.9 Å². The van der Waals surface area contributed by atoms with Gasteiger partial charge in [-0.3, -0.25) is 9.59 Å². The van der Waals surface area contributed by atoms with E-state index in [0.717, 1.165) is 51.4 Å². The largest absolute Gasteiger partial charge is 0.469 e. The number of nitrogens with one attached hydrogen (secondary N) is 2. The lowest BCUT2D eigenvalue weighted by Crippen LogP contribution is -2.36. The van der Waals surface area contributed by atoms with E-state index in [0.29, 0.717) is 24.9 Å². The summed E-state index contributed by atoms with van der Waals surface area (Å²) in [5.41, 5.74) is -0.931. The Kier molecular flexibility index (Phi) is 13.9. The van der Waals surface area contributed by atoms with Crippen LogP contribution in [0.1, 0.15) is 92.9 Å². The number of alkyl carbamates (subject to hydrolysis) is 2. The second kappa shape index (κ2) is 15.8. The summed E-state index contributed by atoms with van der Waals surface area (Å²) in [6.45, 7) is 12.3. The third-order valence-electron chi connectivity index (χ3n) is 6.63. The van der Waals surface area contributed by atoms with Gasteiger partial charge in [0.2, 0.25) is 0 Å². The molecule has 0 aromatic rings. The molecule has 2 N–H and O–H groups in total. The average Bonchev–Trinajstić information content (AvgIpc) is 2.84. The zero-order valence-corrected chi connectivity index (χ0v) is 24.6. The maximum Gasteiger partial charge on any atom is 0.407 e. The molecule has 2 aliphatic carbocycles. The van der Waals surface area contributed by atoms with Gasteiger partial charge in [0.1, 0.15) is 11.2 Å². The van der Waals surface area contributed by atoms with E-state index in [9.17, 15) is 19.2 Å². The Balaban J connectivity index is 0.000000380. The van der Waals surface area contributed by atoms with Crippen molar-refractivity contribution >= 4 is 24.1 Å². The maximum absolute atomic E-state index is 11.5. The number of carbonyl (C=O) groups is 4. The molecule has 0 heterocycles. The summed E-state index contributed by atoms with van der Waals surface area (Å²) < 4.78 is 19.9. The van der Waals surface area contributed by atoms with Crippen LogP contribution in [0, 0.1) is 23.7 Å². The molecule has 10 heteroatoms. The number of rotatable bonds is 6. The lowest BCUT2D eigenvalue weighted by Gasteiger charge is -2.27. The Bertz CT molecular complexity index is 692. The second-order valence-corrected chi connectivity index (χ2v) is 12.2. The molecule has 2 saturated carbocycles. The first-order valence-corrected chi connectivity index (χ1v) is 13.7. The summed E-state index contributed by atoms with van der Waals surface area (Å²) in [6, 6.07) is 0. The van der Waals surface area contributed by atoms with Crippen LogP contribution in [0.15, 0.2) is 0 Å². The van der Waals surface area contributed by atoms with Crippen LogP contribution in [0.4, 0.5) is 9.59 Å². The van der Waals surface area contributed by atoms with E-state index < -0.39 is 11.2 Å². The monoisotopic (exact) mass is 542 g/mol. The summed E-state index contributed by atoms with van der Waals surface area (Å²) in [5.74, 6) is 0.685. The van der Waals surface area contributed by atoms with E-state index in [1.165, 1.54) is 14.2 Å². The highest BCUT2D eigenvalue weighted by Crippen LogP contribution is 2.30. The first-order chi connectivity index (χ1) is 17.6. The van der Waals surface area contributed by atoms with Crippen molar-refractivity contribution in [3.05, 3.63) is 0 Å². The summed E-state index contributed by atoms with van der Waals surface area (Å²) in [6.07, 6.45) is 6.38. The van der Waals surface area contributed by atoms with Crippen LogP contribution in [0.25, 0.3) is 0 Å². The molecule has 2 aliphatic rings. The van der Waals surface area contributed by atoms with Gasteiger partial charge in [0.15, 0.2) is 0 Å². The fourth-order valence-electron chi connectivity index (χ4n) is 4.62. The molecule has 220 valence electrons. The molecule has 0 atom stereocenters. The Labute approximate surface area is 228 Å². The minimum atomic E-state index is -0.466. The van der Waals surface area contributed by atoms with Gasteiger partial charge in [-0.1, -0.05) is 0 Å². The highest BCUT2D eigenvalue weighted by atomic mass is 16.6. The highest BCUT2D eigenvalue weighted by Gasteiger charge is 2.28. The van der Waals surface area contributed by atoms with Gasteiger partial charge >= 0.3 is 24.1 Å². The van der Waals surface area contributed by atoms with E-state index in [-0.39, 0.29) is 36.0 Å². The molecule has 0 bridgehead atoms. The van der Waals surface area contributed by atoms with Gasteiger partial charge < -0.3 is 29.6 Å². The normalized spacial score (nSPS) is 23.6. The summed E-state index contributed by atoms with van der Waals surface area (Å²) in [5, 5.41) is 5.58. The Hall–Kier alpha value is -2.52. The van der Waals surface area contributed by atoms with E-state index in [1.54, 1.807) is 0 Å². The molecule has 2 fully saturated rings. The van der Waals surface area contributed by atoms with Crippen molar-refractivity contribution in [3.8, 4) is 0 Å². The summed E-state index contributed by atoms with van der Waals surface area (Å²) >= 11 is 0. The lowest BCUT2D eigenvalue weighted by atomic mass is 9.82. The summed E-state index contributed by atoms with van der Waals surface area (Å²) in [4.78, 5) is 45.8. The van der Waals surface area contributed by atoms with Crippen LogP contribution in [-0.2, 0) is 28.5 Å². The number of hydrogen-bond donors (Lipinski definition) is 2. The molecule has 0 spiro atoms. The number of carbonyl (C=O) groups excluding carboxylic acids is 4. The van der Waals surface area contributed by atoms with Crippen molar-refractivity contribution < 1.29 is 38.1 Å². The topological polar surface area (TPSA) is 129 Å². The Morgan fingerprint density at radius 3 is 1.11 bits per heavy atom. The minimum absolute atomic E-state index is 0.0303. The smallest absolute Gasteiger partial charge is 0.407 e. The van der Waals surface area contributed by atoms with Gasteiger partial charge in [-0.2, -0.15) is 0 Å². The molecular formula is C28H50N2O8. The first-order valence-electron chi connectivity index (χ1n) is 13.7. The molecule has 0 aromatic heterocycles. The maximum atomic E-state index is 11.5. The van der Waals surface area contributed by atoms with Gasteiger partial charge in [0.25, 0.3) is 0 Å². The van der Waals surface area contributed by atoms with Gasteiger partial charge in [-0.25, -0.2) is 9.59 Å². The molecule has 2 amide bonds. The predicted octanol–water partition coefficient (Wildman–Crippen LogP) is 4.98. The number of amides is 2. The number of methoxy groups -OCH3 is 2. The fraction of sp³-hybridized carbons (Fsp3) is 0.857. The van der Waals surface area contributed by atoms with Crippen LogP contribution in [0.5, 0.6) is 0 Å². The minimum Gasteiger partial charge on any atom is -0.469 e. The molecule has 0 radical (unpaired) electrons. The van der Waals surface area contributed by atoms with E-state index in [1.807, 2.05) is 41.5 Å². The van der Waals surface area contributed by atoms with Gasteiger partial charge in [-0.15, -0.1) is 0 Å². The van der Waals surface area contributed by atoms with Crippen molar-refractivity contribution in [1.29, 1.82) is 0 Å². The number of ether oxygens (including phenoxy) is 4. The third kappa shape index (κ3) is 14.4.